The molecule has 4 heterocycles. The van der Waals surface area contributed by atoms with Crippen molar-refractivity contribution < 1.29 is 23.5 Å². The fraction of sp³-hybridized carbons (Fsp3) is 0.441. The van der Waals surface area contributed by atoms with Gasteiger partial charge in [0.25, 0.3) is 0 Å². The van der Waals surface area contributed by atoms with E-state index in [9.17, 15) is 9.18 Å². The number of hydrogen-bond donors (Lipinski definition) is 2. The summed E-state index contributed by atoms with van der Waals surface area (Å²) in [5.41, 5.74) is 3.09. The molecule has 3 atom stereocenters. The van der Waals surface area contributed by atoms with Gasteiger partial charge in [-0.15, -0.1) is 0 Å². The summed E-state index contributed by atoms with van der Waals surface area (Å²) in [5.74, 6) is 1.09. The Labute approximate surface area is 269 Å². The number of amides is 1. The molecule has 0 radical (unpaired) electrons. The monoisotopic (exact) mass is 631 g/mol. The zero-order chi connectivity index (χ0) is 32.2. The van der Waals surface area contributed by atoms with E-state index in [1.54, 1.807) is 30.4 Å². The molecule has 2 aromatic carbocycles. The standard InChI is InChI=1S/C34H42FN7O4/c1-5-34(43)39-27-16-28(31(44-4)17-30(27)40-13-10-26(11-14-40)41-19-22(2)46-23(3)20-41)38-32-18-33(37-21-36-32)42-29(12-15-45-42)24-6-8-25(35)9-7-24/h5-9,16-18,21-23,26,29H,1,10-15,19-20H2,2-4H3,(H,39,43)(H,36,37,38)/t22-,23+,29-/m1/s1. The number of rotatable bonds is 9. The van der Waals surface area contributed by atoms with Gasteiger partial charge in [0.05, 0.1) is 49.0 Å². The van der Waals surface area contributed by atoms with E-state index in [2.05, 4.69) is 50.8 Å². The van der Waals surface area contributed by atoms with Gasteiger partial charge < -0.3 is 25.0 Å². The van der Waals surface area contributed by atoms with Crippen LogP contribution in [0.5, 0.6) is 5.75 Å². The van der Waals surface area contributed by atoms with Crippen LogP contribution in [-0.2, 0) is 14.4 Å². The fourth-order valence-electron chi connectivity index (χ4n) is 6.73. The Morgan fingerprint density at radius 2 is 1.78 bits per heavy atom. The average molecular weight is 632 g/mol. The Morgan fingerprint density at radius 3 is 2.48 bits per heavy atom. The van der Waals surface area contributed by atoms with Gasteiger partial charge in [0.15, 0.2) is 5.82 Å². The van der Waals surface area contributed by atoms with Gasteiger partial charge >= 0.3 is 0 Å². The molecule has 3 aromatic rings. The summed E-state index contributed by atoms with van der Waals surface area (Å²) in [5, 5.41) is 8.08. The first-order valence-corrected chi connectivity index (χ1v) is 15.9. The topological polar surface area (TPSA) is 104 Å². The molecule has 244 valence electrons. The Kier molecular flexibility index (Phi) is 9.67. The quantitative estimate of drug-likeness (QED) is 0.296. The minimum absolute atomic E-state index is 0.114. The summed E-state index contributed by atoms with van der Waals surface area (Å²) in [7, 11) is 1.62. The number of piperidine rings is 1. The van der Waals surface area contributed by atoms with Crippen LogP contribution in [0, 0.1) is 5.82 Å². The number of halogens is 1. The van der Waals surface area contributed by atoms with Crippen LogP contribution in [-0.4, -0.2) is 78.9 Å². The molecule has 0 aliphatic carbocycles. The number of nitrogens with zero attached hydrogens (tertiary/aromatic N) is 5. The van der Waals surface area contributed by atoms with Gasteiger partial charge in [0.2, 0.25) is 5.91 Å². The van der Waals surface area contributed by atoms with Crippen LogP contribution >= 0.6 is 0 Å². The van der Waals surface area contributed by atoms with E-state index in [0.717, 1.165) is 56.7 Å². The minimum atomic E-state index is -0.300. The first-order chi connectivity index (χ1) is 22.3. The van der Waals surface area contributed by atoms with Crippen molar-refractivity contribution >= 4 is 34.6 Å². The smallest absolute Gasteiger partial charge is 0.247 e. The molecule has 0 unspecified atom stereocenters. The summed E-state index contributed by atoms with van der Waals surface area (Å²) >= 11 is 0. The lowest BCUT2D eigenvalue weighted by Gasteiger charge is -2.44. The molecule has 3 fully saturated rings. The molecule has 1 aromatic heterocycles. The predicted molar refractivity (Wildman–Crippen MR) is 176 cm³/mol. The van der Waals surface area contributed by atoms with Crippen molar-refractivity contribution in [3.05, 3.63) is 72.8 Å². The van der Waals surface area contributed by atoms with Crippen molar-refractivity contribution in [2.45, 2.75) is 57.4 Å². The highest BCUT2D eigenvalue weighted by molar-refractivity contribution is 6.02. The summed E-state index contributed by atoms with van der Waals surface area (Å²) in [6.07, 6.45) is 5.95. The average Bonchev–Trinajstić information content (AvgIpc) is 3.55. The summed E-state index contributed by atoms with van der Waals surface area (Å²) in [6, 6.07) is 12.4. The second-order valence-electron chi connectivity index (χ2n) is 12.1. The van der Waals surface area contributed by atoms with E-state index in [1.165, 1.54) is 24.5 Å². The second-order valence-corrected chi connectivity index (χ2v) is 12.1. The van der Waals surface area contributed by atoms with E-state index in [1.807, 2.05) is 12.1 Å². The Bertz CT molecular complexity index is 1520. The third-order valence-corrected chi connectivity index (χ3v) is 8.83. The number of ether oxygens (including phenoxy) is 2. The van der Waals surface area contributed by atoms with Gasteiger partial charge in [-0.1, -0.05) is 18.7 Å². The molecule has 0 spiro atoms. The largest absolute Gasteiger partial charge is 0.494 e. The number of hydrogen-bond acceptors (Lipinski definition) is 10. The fourth-order valence-corrected chi connectivity index (χ4v) is 6.73. The molecule has 3 saturated heterocycles. The minimum Gasteiger partial charge on any atom is -0.494 e. The van der Waals surface area contributed by atoms with E-state index >= 15 is 0 Å². The first-order valence-electron chi connectivity index (χ1n) is 15.9. The zero-order valence-electron chi connectivity index (χ0n) is 26.6. The SMILES string of the molecule is C=CC(=O)Nc1cc(Nc2cc(N3OCC[C@@H]3c3ccc(F)cc3)ncn2)c(OC)cc1N1CCC(N2C[C@@H](C)O[C@@H](C)C2)CC1. The maximum absolute atomic E-state index is 13.6. The summed E-state index contributed by atoms with van der Waals surface area (Å²) in [6.45, 7) is 12.0. The van der Waals surface area contributed by atoms with E-state index < -0.39 is 0 Å². The molecule has 12 heteroatoms. The Morgan fingerprint density at radius 1 is 1.04 bits per heavy atom. The highest BCUT2D eigenvalue weighted by Crippen LogP contribution is 2.40. The number of carbonyl (C=O) groups excluding carboxylic acids is 1. The van der Waals surface area contributed by atoms with Crippen LogP contribution < -0.4 is 25.3 Å². The van der Waals surface area contributed by atoms with Gasteiger partial charge in [-0.3, -0.25) is 14.5 Å². The molecular weight excluding hydrogens is 589 g/mol. The maximum Gasteiger partial charge on any atom is 0.247 e. The summed E-state index contributed by atoms with van der Waals surface area (Å²) in [4.78, 5) is 32.2. The van der Waals surface area contributed by atoms with Crippen LogP contribution in [0.3, 0.4) is 0 Å². The lowest BCUT2D eigenvalue weighted by Crippen LogP contribution is -2.53. The van der Waals surface area contributed by atoms with Crippen molar-refractivity contribution in [1.82, 2.24) is 14.9 Å². The Hall–Kier alpha value is -4.26. The molecule has 6 rings (SSSR count). The second kappa shape index (κ2) is 14.0. The molecule has 0 bridgehead atoms. The molecule has 11 nitrogen and oxygen atoms in total. The normalized spacial score (nSPS) is 22.5. The van der Waals surface area contributed by atoms with Gasteiger partial charge in [0, 0.05) is 50.8 Å². The third kappa shape index (κ3) is 7.09. The highest BCUT2D eigenvalue weighted by atomic mass is 19.1. The van der Waals surface area contributed by atoms with Crippen LogP contribution in [0.15, 0.2) is 61.4 Å². The van der Waals surface area contributed by atoms with E-state index in [4.69, 9.17) is 14.3 Å². The van der Waals surface area contributed by atoms with Gasteiger partial charge in [-0.2, -0.15) is 0 Å². The Balaban J connectivity index is 1.22. The highest BCUT2D eigenvalue weighted by Gasteiger charge is 2.32. The number of carbonyl (C=O) groups is 1. The first kappa shape index (κ1) is 31.7. The number of hydroxylamine groups is 1. The zero-order valence-corrected chi connectivity index (χ0v) is 26.6. The van der Waals surface area contributed by atoms with Crippen LogP contribution in [0.4, 0.5) is 33.1 Å². The molecule has 46 heavy (non-hydrogen) atoms. The number of morpholine rings is 1. The number of aromatic nitrogens is 2. The van der Waals surface area contributed by atoms with Gasteiger partial charge in [-0.25, -0.2) is 19.4 Å². The molecule has 3 aliphatic heterocycles. The third-order valence-electron chi connectivity index (χ3n) is 8.83. The molecule has 1 amide bonds. The van der Waals surface area contributed by atoms with Crippen LogP contribution in [0.1, 0.15) is 44.7 Å². The molecule has 3 aliphatic rings. The predicted octanol–water partition coefficient (Wildman–Crippen LogP) is 5.45. The molecule has 0 saturated carbocycles. The van der Waals surface area contributed by atoms with Crippen LogP contribution in [0.25, 0.3) is 0 Å². The van der Waals surface area contributed by atoms with E-state index in [-0.39, 0.29) is 30.0 Å². The lowest BCUT2D eigenvalue weighted by atomic mass is 10.00. The number of methoxy groups -OCH3 is 1. The van der Waals surface area contributed by atoms with Crippen molar-refractivity contribution in [1.29, 1.82) is 0 Å². The number of benzene rings is 2. The lowest BCUT2D eigenvalue weighted by molar-refractivity contribution is -0.111. The van der Waals surface area contributed by atoms with Crippen molar-refractivity contribution in [3.63, 3.8) is 0 Å². The molecule has 2 N–H and O–H groups in total. The number of anilines is 5. The van der Waals surface area contributed by atoms with Crippen molar-refractivity contribution in [3.8, 4) is 5.75 Å². The van der Waals surface area contributed by atoms with Gasteiger partial charge in [-0.05, 0) is 56.5 Å². The number of nitrogens with one attached hydrogen (secondary N) is 2. The maximum atomic E-state index is 13.6. The van der Waals surface area contributed by atoms with Crippen LogP contribution in [0.2, 0.25) is 0 Å². The van der Waals surface area contributed by atoms with Crippen molar-refractivity contribution in [2.24, 2.45) is 0 Å². The summed E-state index contributed by atoms with van der Waals surface area (Å²) < 4.78 is 25.3. The molecular formula is C34H42FN7O4. The van der Waals surface area contributed by atoms with E-state index in [0.29, 0.717) is 41.4 Å². The van der Waals surface area contributed by atoms with Crippen molar-refractivity contribution in [2.75, 3.05) is 60.5 Å². The van der Waals surface area contributed by atoms with Gasteiger partial charge in [0.1, 0.15) is 23.7 Å².